The van der Waals surface area contributed by atoms with Gasteiger partial charge in [0.05, 0.1) is 11.0 Å². The molecule has 1 aliphatic rings. The minimum Gasteiger partial charge on any atom is -0.352 e. The molecular formula is C18H25N3O. The number of rotatable bonds is 4. The number of carbonyl (C=O) groups is 1. The lowest BCUT2D eigenvalue weighted by atomic mass is 9.87. The van der Waals surface area contributed by atoms with Crippen molar-refractivity contribution >= 4 is 16.9 Å². The first-order chi connectivity index (χ1) is 10.7. The molecule has 4 heteroatoms. The lowest BCUT2D eigenvalue weighted by Gasteiger charge is -2.27. The van der Waals surface area contributed by atoms with Crippen LogP contribution in [0, 0.1) is 5.92 Å². The molecule has 4 nitrogen and oxygen atoms in total. The molecule has 1 fully saturated rings. The molecule has 1 N–H and O–H groups in total. The second-order valence-corrected chi connectivity index (χ2v) is 6.48. The molecule has 1 aromatic heterocycles. The molecule has 1 aliphatic carbocycles. The van der Waals surface area contributed by atoms with E-state index in [0.29, 0.717) is 12.6 Å². The lowest BCUT2D eigenvalue weighted by molar-refractivity contribution is -0.122. The second-order valence-electron chi connectivity index (χ2n) is 6.48. The molecule has 22 heavy (non-hydrogen) atoms. The van der Waals surface area contributed by atoms with Crippen molar-refractivity contribution in [2.24, 2.45) is 5.92 Å². The van der Waals surface area contributed by atoms with Crippen LogP contribution in [-0.2, 0) is 17.8 Å². The molecule has 2 aromatic rings. The third kappa shape index (κ3) is 3.16. The Labute approximate surface area is 131 Å². The first kappa shape index (κ1) is 15.1. The molecule has 1 saturated carbocycles. The van der Waals surface area contributed by atoms with Crippen molar-refractivity contribution in [2.75, 3.05) is 0 Å². The van der Waals surface area contributed by atoms with Gasteiger partial charge in [-0.15, -0.1) is 0 Å². The predicted molar refractivity (Wildman–Crippen MR) is 88.7 cm³/mol. The van der Waals surface area contributed by atoms with Gasteiger partial charge in [0.1, 0.15) is 12.4 Å². The topological polar surface area (TPSA) is 46.9 Å². The SMILES string of the molecule is CCc1nc2ccccc2n1CC(=O)NC1CCC(C)CC1. The summed E-state index contributed by atoms with van der Waals surface area (Å²) in [6.45, 7) is 4.75. The van der Waals surface area contributed by atoms with Crippen molar-refractivity contribution in [3.8, 4) is 0 Å². The highest BCUT2D eigenvalue weighted by Gasteiger charge is 2.20. The van der Waals surface area contributed by atoms with Gasteiger partial charge in [-0.3, -0.25) is 4.79 Å². The van der Waals surface area contributed by atoms with Crippen molar-refractivity contribution in [3.05, 3.63) is 30.1 Å². The zero-order chi connectivity index (χ0) is 15.5. The molecule has 3 rings (SSSR count). The molecule has 0 spiro atoms. The number of aromatic nitrogens is 2. The highest BCUT2D eigenvalue weighted by Crippen LogP contribution is 2.23. The molecular weight excluding hydrogens is 274 g/mol. The van der Waals surface area contributed by atoms with Crippen LogP contribution in [-0.4, -0.2) is 21.5 Å². The third-order valence-corrected chi connectivity index (χ3v) is 4.73. The summed E-state index contributed by atoms with van der Waals surface area (Å²) in [5, 5.41) is 3.21. The number of benzene rings is 1. The Morgan fingerprint density at radius 1 is 1.27 bits per heavy atom. The van der Waals surface area contributed by atoms with E-state index >= 15 is 0 Å². The van der Waals surface area contributed by atoms with E-state index in [4.69, 9.17) is 0 Å². The van der Waals surface area contributed by atoms with Gasteiger partial charge < -0.3 is 9.88 Å². The van der Waals surface area contributed by atoms with Gasteiger partial charge in [0.25, 0.3) is 0 Å². The summed E-state index contributed by atoms with van der Waals surface area (Å²) in [7, 11) is 0. The van der Waals surface area contributed by atoms with Crippen LogP contribution in [0.5, 0.6) is 0 Å². The molecule has 1 aromatic carbocycles. The quantitative estimate of drug-likeness (QED) is 0.941. The average Bonchev–Trinajstić information content (AvgIpc) is 2.87. The highest BCUT2D eigenvalue weighted by atomic mass is 16.2. The van der Waals surface area contributed by atoms with E-state index < -0.39 is 0 Å². The summed E-state index contributed by atoms with van der Waals surface area (Å²) in [5.74, 6) is 1.89. The number of fused-ring (bicyclic) bond motifs is 1. The van der Waals surface area contributed by atoms with Crippen molar-refractivity contribution < 1.29 is 4.79 Å². The van der Waals surface area contributed by atoms with Crippen LogP contribution in [0.15, 0.2) is 24.3 Å². The zero-order valence-electron chi connectivity index (χ0n) is 13.5. The van der Waals surface area contributed by atoms with Crippen LogP contribution < -0.4 is 5.32 Å². The second kappa shape index (κ2) is 6.51. The molecule has 0 bridgehead atoms. The summed E-state index contributed by atoms with van der Waals surface area (Å²) in [4.78, 5) is 17.0. The Bertz CT molecular complexity index is 653. The number of hydrogen-bond donors (Lipinski definition) is 1. The summed E-state index contributed by atoms with van der Waals surface area (Å²) in [6, 6.07) is 8.38. The van der Waals surface area contributed by atoms with E-state index in [1.54, 1.807) is 0 Å². The van der Waals surface area contributed by atoms with E-state index in [2.05, 4.69) is 28.7 Å². The fraction of sp³-hybridized carbons (Fsp3) is 0.556. The number of imidazole rings is 1. The summed E-state index contributed by atoms with van der Waals surface area (Å²) >= 11 is 0. The van der Waals surface area contributed by atoms with E-state index in [9.17, 15) is 4.79 Å². The standard InChI is InChI=1S/C18H25N3O/c1-3-17-20-15-6-4-5-7-16(15)21(17)12-18(22)19-14-10-8-13(2)9-11-14/h4-7,13-14H,3,8-12H2,1-2H3,(H,19,22). The van der Waals surface area contributed by atoms with Crippen LogP contribution in [0.3, 0.4) is 0 Å². The monoisotopic (exact) mass is 299 g/mol. The van der Waals surface area contributed by atoms with Crippen molar-refractivity contribution in [1.29, 1.82) is 0 Å². The van der Waals surface area contributed by atoms with Crippen LogP contribution in [0.1, 0.15) is 45.4 Å². The van der Waals surface area contributed by atoms with Crippen LogP contribution >= 0.6 is 0 Å². The molecule has 0 saturated heterocycles. The molecule has 0 atom stereocenters. The minimum atomic E-state index is 0.109. The predicted octanol–water partition coefficient (Wildman–Crippen LogP) is 3.29. The molecule has 118 valence electrons. The minimum absolute atomic E-state index is 0.109. The van der Waals surface area contributed by atoms with E-state index in [0.717, 1.165) is 42.0 Å². The maximum absolute atomic E-state index is 12.4. The van der Waals surface area contributed by atoms with Gasteiger partial charge in [0.2, 0.25) is 5.91 Å². The van der Waals surface area contributed by atoms with Gasteiger partial charge in [-0.2, -0.15) is 0 Å². The maximum Gasteiger partial charge on any atom is 0.240 e. The van der Waals surface area contributed by atoms with Gasteiger partial charge in [-0.05, 0) is 43.7 Å². The fourth-order valence-corrected chi connectivity index (χ4v) is 3.39. The number of amides is 1. The number of aryl methyl sites for hydroxylation is 1. The molecule has 1 amide bonds. The Balaban J connectivity index is 1.71. The molecule has 1 heterocycles. The third-order valence-electron chi connectivity index (χ3n) is 4.73. The summed E-state index contributed by atoms with van der Waals surface area (Å²) in [6.07, 6.45) is 5.50. The molecule has 0 radical (unpaired) electrons. The lowest BCUT2D eigenvalue weighted by Crippen LogP contribution is -2.39. The zero-order valence-corrected chi connectivity index (χ0v) is 13.5. The number of nitrogens with one attached hydrogen (secondary N) is 1. The molecule has 0 aliphatic heterocycles. The van der Waals surface area contributed by atoms with E-state index in [1.165, 1.54) is 12.8 Å². The number of carbonyl (C=O) groups excluding carboxylic acids is 1. The average molecular weight is 299 g/mol. The Kier molecular flexibility index (Phi) is 4.46. The van der Waals surface area contributed by atoms with Crippen molar-refractivity contribution in [1.82, 2.24) is 14.9 Å². The largest absolute Gasteiger partial charge is 0.352 e. The van der Waals surface area contributed by atoms with Crippen LogP contribution in [0.25, 0.3) is 11.0 Å². The Hall–Kier alpha value is -1.84. The summed E-state index contributed by atoms with van der Waals surface area (Å²) in [5.41, 5.74) is 2.02. The van der Waals surface area contributed by atoms with Crippen molar-refractivity contribution in [3.63, 3.8) is 0 Å². The first-order valence-electron chi connectivity index (χ1n) is 8.41. The normalized spacial score (nSPS) is 21.9. The summed E-state index contributed by atoms with van der Waals surface area (Å²) < 4.78 is 2.05. The van der Waals surface area contributed by atoms with Gasteiger partial charge in [0.15, 0.2) is 0 Å². The highest BCUT2D eigenvalue weighted by molar-refractivity contribution is 5.81. The maximum atomic E-state index is 12.4. The van der Waals surface area contributed by atoms with Crippen molar-refractivity contribution in [2.45, 2.75) is 58.5 Å². The smallest absolute Gasteiger partial charge is 0.240 e. The van der Waals surface area contributed by atoms with Crippen LogP contribution in [0.2, 0.25) is 0 Å². The van der Waals surface area contributed by atoms with Crippen LogP contribution in [0.4, 0.5) is 0 Å². The number of nitrogens with zero attached hydrogens (tertiary/aromatic N) is 2. The Morgan fingerprint density at radius 2 is 2.00 bits per heavy atom. The number of hydrogen-bond acceptors (Lipinski definition) is 2. The fourth-order valence-electron chi connectivity index (χ4n) is 3.39. The number of para-hydroxylation sites is 2. The Morgan fingerprint density at radius 3 is 2.73 bits per heavy atom. The first-order valence-corrected chi connectivity index (χ1v) is 8.41. The van der Waals surface area contributed by atoms with Gasteiger partial charge in [-0.1, -0.05) is 26.0 Å². The van der Waals surface area contributed by atoms with E-state index in [-0.39, 0.29) is 5.91 Å². The molecule has 0 unspecified atom stereocenters. The van der Waals surface area contributed by atoms with Gasteiger partial charge in [0, 0.05) is 12.5 Å². The van der Waals surface area contributed by atoms with Gasteiger partial charge >= 0.3 is 0 Å². The van der Waals surface area contributed by atoms with Gasteiger partial charge in [-0.25, -0.2) is 4.98 Å². The van der Waals surface area contributed by atoms with E-state index in [1.807, 2.05) is 24.3 Å².